The van der Waals surface area contributed by atoms with Crippen LogP contribution in [-0.2, 0) is 14.4 Å². The molecule has 2 heterocycles. The Hall–Kier alpha value is -4.22. The van der Waals surface area contributed by atoms with E-state index < -0.39 is 11.8 Å². The average Bonchev–Trinajstić information content (AvgIpc) is 3.36. The zero-order valence-corrected chi connectivity index (χ0v) is 17.2. The van der Waals surface area contributed by atoms with Crippen LogP contribution in [0.1, 0.15) is 17.4 Å². The standard InChI is InChI=1S/C23H16N4O3S/c1-14(28)25-16-6-8-17(9-7-16)26-21-20(19-3-2-12-31-19)22(29)27(23(21)30)18-10-4-15(13-24)5-11-18/h2-12,26H,1H3,(H,25,28). The number of amides is 3. The summed E-state index contributed by atoms with van der Waals surface area (Å²) in [5, 5.41) is 16.6. The van der Waals surface area contributed by atoms with Crippen LogP contribution in [0.5, 0.6) is 0 Å². The molecule has 0 spiro atoms. The van der Waals surface area contributed by atoms with E-state index in [2.05, 4.69) is 10.6 Å². The number of thiophene rings is 1. The number of hydrogen-bond acceptors (Lipinski definition) is 6. The summed E-state index contributed by atoms with van der Waals surface area (Å²) in [6.07, 6.45) is 0. The minimum atomic E-state index is -0.482. The van der Waals surface area contributed by atoms with Gasteiger partial charge in [0.2, 0.25) is 5.91 Å². The molecular formula is C23H16N4O3S. The molecule has 31 heavy (non-hydrogen) atoms. The van der Waals surface area contributed by atoms with Crippen molar-refractivity contribution in [3.05, 3.63) is 82.2 Å². The van der Waals surface area contributed by atoms with E-state index in [0.717, 1.165) is 4.90 Å². The van der Waals surface area contributed by atoms with Gasteiger partial charge >= 0.3 is 0 Å². The molecule has 1 aliphatic rings. The van der Waals surface area contributed by atoms with Gasteiger partial charge in [-0.15, -0.1) is 11.3 Å². The van der Waals surface area contributed by atoms with E-state index in [0.29, 0.717) is 27.5 Å². The SMILES string of the molecule is CC(=O)Nc1ccc(NC2=C(c3cccs3)C(=O)N(c3ccc(C#N)cc3)C2=O)cc1. The zero-order valence-electron chi connectivity index (χ0n) is 16.4. The van der Waals surface area contributed by atoms with Crippen molar-refractivity contribution in [3.8, 4) is 6.07 Å². The highest BCUT2D eigenvalue weighted by molar-refractivity contribution is 7.11. The molecule has 7 nitrogen and oxygen atoms in total. The second kappa shape index (κ2) is 8.26. The number of carbonyl (C=O) groups is 3. The van der Waals surface area contributed by atoms with Crippen molar-refractivity contribution >= 4 is 51.7 Å². The van der Waals surface area contributed by atoms with Crippen molar-refractivity contribution in [3.63, 3.8) is 0 Å². The summed E-state index contributed by atoms with van der Waals surface area (Å²) >= 11 is 1.36. The topological polar surface area (TPSA) is 102 Å². The van der Waals surface area contributed by atoms with Crippen molar-refractivity contribution in [2.24, 2.45) is 0 Å². The highest BCUT2D eigenvalue weighted by atomic mass is 32.1. The number of nitrogens with zero attached hydrogens (tertiary/aromatic N) is 2. The Labute approximate surface area is 182 Å². The lowest BCUT2D eigenvalue weighted by Crippen LogP contribution is -2.32. The number of nitriles is 1. The molecule has 0 unspecified atom stereocenters. The molecule has 0 saturated carbocycles. The fourth-order valence-electron chi connectivity index (χ4n) is 3.20. The fourth-order valence-corrected chi connectivity index (χ4v) is 3.97. The molecule has 152 valence electrons. The molecule has 1 aromatic heterocycles. The zero-order chi connectivity index (χ0) is 22.0. The van der Waals surface area contributed by atoms with Crippen molar-refractivity contribution in [1.29, 1.82) is 5.26 Å². The van der Waals surface area contributed by atoms with Crippen LogP contribution >= 0.6 is 11.3 Å². The second-order valence-electron chi connectivity index (χ2n) is 6.72. The van der Waals surface area contributed by atoms with Crippen molar-refractivity contribution in [2.45, 2.75) is 6.92 Å². The molecule has 0 saturated heterocycles. The van der Waals surface area contributed by atoms with Crippen LogP contribution in [0.25, 0.3) is 5.57 Å². The van der Waals surface area contributed by atoms with Gasteiger partial charge in [-0.1, -0.05) is 6.07 Å². The number of carbonyl (C=O) groups excluding carboxylic acids is 3. The lowest BCUT2D eigenvalue weighted by molar-refractivity contribution is -0.120. The second-order valence-corrected chi connectivity index (χ2v) is 7.66. The Morgan fingerprint density at radius 2 is 1.65 bits per heavy atom. The summed E-state index contributed by atoms with van der Waals surface area (Å²) in [4.78, 5) is 39.5. The Morgan fingerprint density at radius 3 is 2.23 bits per heavy atom. The van der Waals surface area contributed by atoms with Gasteiger partial charge in [-0.2, -0.15) is 5.26 Å². The van der Waals surface area contributed by atoms with Gasteiger partial charge in [-0.05, 0) is 60.0 Å². The maximum absolute atomic E-state index is 13.3. The molecule has 3 aromatic rings. The maximum atomic E-state index is 13.3. The molecule has 2 N–H and O–H groups in total. The van der Waals surface area contributed by atoms with Gasteiger partial charge < -0.3 is 10.6 Å². The Morgan fingerprint density at radius 1 is 0.968 bits per heavy atom. The molecule has 0 radical (unpaired) electrons. The summed E-state index contributed by atoms with van der Waals surface area (Å²) in [5.41, 5.74) is 2.51. The number of rotatable bonds is 5. The summed E-state index contributed by atoms with van der Waals surface area (Å²) in [5.74, 6) is -1.10. The predicted octanol–water partition coefficient (Wildman–Crippen LogP) is 3.97. The van der Waals surface area contributed by atoms with Crippen LogP contribution in [-0.4, -0.2) is 17.7 Å². The summed E-state index contributed by atoms with van der Waals surface area (Å²) in [6, 6.07) is 18.7. The van der Waals surface area contributed by atoms with E-state index in [1.165, 1.54) is 18.3 Å². The number of nitrogens with one attached hydrogen (secondary N) is 2. The molecule has 1 aliphatic heterocycles. The average molecular weight is 428 g/mol. The molecule has 4 rings (SSSR count). The van der Waals surface area contributed by atoms with Gasteiger partial charge in [-0.3, -0.25) is 14.4 Å². The van der Waals surface area contributed by atoms with Crippen molar-refractivity contribution in [1.82, 2.24) is 0 Å². The highest BCUT2D eigenvalue weighted by Gasteiger charge is 2.40. The van der Waals surface area contributed by atoms with Gasteiger partial charge in [0, 0.05) is 23.2 Å². The Kier molecular flexibility index (Phi) is 5.35. The van der Waals surface area contributed by atoms with Gasteiger partial charge in [0.1, 0.15) is 5.70 Å². The summed E-state index contributed by atoms with van der Waals surface area (Å²) in [6.45, 7) is 1.42. The van der Waals surface area contributed by atoms with Gasteiger partial charge in [0.15, 0.2) is 0 Å². The first-order valence-electron chi connectivity index (χ1n) is 9.29. The molecule has 0 bridgehead atoms. The highest BCUT2D eigenvalue weighted by Crippen LogP contribution is 2.35. The largest absolute Gasteiger partial charge is 0.350 e. The van der Waals surface area contributed by atoms with Crippen molar-refractivity contribution in [2.75, 3.05) is 15.5 Å². The van der Waals surface area contributed by atoms with Crippen LogP contribution < -0.4 is 15.5 Å². The quantitative estimate of drug-likeness (QED) is 0.599. The number of hydrogen-bond donors (Lipinski definition) is 2. The molecule has 8 heteroatoms. The first-order valence-corrected chi connectivity index (χ1v) is 10.2. The molecule has 2 aromatic carbocycles. The summed E-state index contributed by atoms with van der Waals surface area (Å²) in [7, 11) is 0. The van der Waals surface area contributed by atoms with E-state index in [1.54, 1.807) is 54.6 Å². The number of imide groups is 1. The predicted molar refractivity (Wildman–Crippen MR) is 119 cm³/mol. The van der Waals surface area contributed by atoms with Crippen LogP contribution in [0, 0.1) is 11.3 Å². The van der Waals surface area contributed by atoms with Crippen LogP contribution in [0.2, 0.25) is 0 Å². The lowest BCUT2D eigenvalue weighted by atomic mass is 10.1. The first-order chi connectivity index (χ1) is 15.0. The van der Waals surface area contributed by atoms with Crippen LogP contribution in [0.4, 0.5) is 17.1 Å². The Bertz CT molecular complexity index is 1240. The smallest absolute Gasteiger partial charge is 0.282 e. The number of anilines is 3. The normalized spacial score (nSPS) is 13.4. The maximum Gasteiger partial charge on any atom is 0.282 e. The Balaban J connectivity index is 1.70. The fraction of sp³-hybridized carbons (Fsp3) is 0.0435. The number of benzene rings is 2. The minimum Gasteiger partial charge on any atom is -0.350 e. The van der Waals surface area contributed by atoms with Crippen LogP contribution in [0.15, 0.2) is 71.7 Å². The third kappa shape index (κ3) is 3.95. The molecule has 0 aliphatic carbocycles. The van der Waals surface area contributed by atoms with Crippen LogP contribution in [0.3, 0.4) is 0 Å². The molecule has 0 fully saturated rings. The van der Waals surface area contributed by atoms with E-state index in [9.17, 15) is 14.4 Å². The molecule has 3 amide bonds. The van der Waals surface area contributed by atoms with E-state index in [-0.39, 0.29) is 17.2 Å². The first kappa shape index (κ1) is 20.1. The third-order valence-electron chi connectivity index (χ3n) is 4.58. The monoisotopic (exact) mass is 428 g/mol. The van der Waals surface area contributed by atoms with Crippen molar-refractivity contribution < 1.29 is 14.4 Å². The third-order valence-corrected chi connectivity index (χ3v) is 5.47. The van der Waals surface area contributed by atoms with Gasteiger partial charge in [0.05, 0.1) is 22.9 Å². The van der Waals surface area contributed by atoms with Gasteiger partial charge in [0.25, 0.3) is 11.8 Å². The lowest BCUT2D eigenvalue weighted by Gasteiger charge is -2.15. The minimum absolute atomic E-state index is 0.170. The van der Waals surface area contributed by atoms with E-state index >= 15 is 0 Å². The summed E-state index contributed by atoms with van der Waals surface area (Å²) < 4.78 is 0. The molecule has 0 atom stereocenters. The van der Waals surface area contributed by atoms with E-state index in [1.807, 2.05) is 17.5 Å². The molecular weight excluding hydrogens is 412 g/mol. The van der Waals surface area contributed by atoms with Gasteiger partial charge in [-0.25, -0.2) is 4.90 Å². The van der Waals surface area contributed by atoms with E-state index in [4.69, 9.17) is 5.26 Å².